The third-order valence-electron chi connectivity index (χ3n) is 5.01. The zero-order chi connectivity index (χ0) is 20.9. The zero-order valence-electron chi connectivity index (χ0n) is 17.0. The summed E-state index contributed by atoms with van der Waals surface area (Å²) in [4.78, 5) is 14.5. The Balaban J connectivity index is 1.75. The van der Waals surface area contributed by atoms with E-state index in [0.717, 1.165) is 31.5 Å². The second-order valence-corrected chi connectivity index (χ2v) is 9.15. The number of anilines is 1. The molecule has 0 unspecified atom stereocenters. The van der Waals surface area contributed by atoms with E-state index in [0.29, 0.717) is 23.6 Å². The predicted octanol–water partition coefficient (Wildman–Crippen LogP) is 3.68. The van der Waals surface area contributed by atoms with Crippen LogP contribution < -0.4 is 9.04 Å². The van der Waals surface area contributed by atoms with E-state index in [1.807, 2.05) is 24.0 Å². The smallest absolute Gasteiger partial charge is 0.253 e. The van der Waals surface area contributed by atoms with E-state index in [2.05, 4.69) is 0 Å². The minimum Gasteiger partial charge on any atom is -0.494 e. The number of ether oxygens (including phenoxy) is 1. The Bertz CT molecular complexity index is 918. The van der Waals surface area contributed by atoms with Crippen molar-refractivity contribution >= 4 is 21.6 Å². The van der Waals surface area contributed by atoms with Crippen molar-refractivity contribution in [3.63, 3.8) is 0 Å². The monoisotopic (exact) mass is 416 g/mol. The summed E-state index contributed by atoms with van der Waals surface area (Å²) in [6, 6.07) is 14.2. The Morgan fingerprint density at radius 3 is 2.17 bits per heavy atom. The molecule has 6 nitrogen and oxygen atoms in total. The number of piperidine rings is 1. The van der Waals surface area contributed by atoms with Gasteiger partial charge in [-0.3, -0.25) is 9.10 Å². The summed E-state index contributed by atoms with van der Waals surface area (Å²) in [6.07, 6.45) is 4.47. The number of carbonyl (C=O) groups excluding carboxylic acids is 1. The van der Waals surface area contributed by atoms with Crippen molar-refractivity contribution in [2.45, 2.75) is 32.7 Å². The van der Waals surface area contributed by atoms with Crippen molar-refractivity contribution in [3.8, 4) is 5.75 Å². The average Bonchev–Trinajstić information content (AvgIpc) is 2.73. The third kappa shape index (κ3) is 5.50. The molecule has 0 atom stereocenters. The minimum absolute atomic E-state index is 0.0442. The van der Waals surface area contributed by atoms with E-state index in [9.17, 15) is 13.2 Å². The van der Waals surface area contributed by atoms with Crippen molar-refractivity contribution in [2.24, 2.45) is 0 Å². The van der Waals surface area contributed by atoms with Gasteiger partial charge in [-0.25, -0.2) is 8.42 Å². The quantitative estimate of drug-likeness (QED) is 0.691. The lowest BCUT2D eigenvalue weighted by Gasteiger charge is -2.27. The summed E-state index contributed by atoms with van der Waals surface area (Å²) in [5.41, 5.74) is 2.03. The highest BCUT2D eigenvalue weighted by Gasteiger charge is 2.20. The van der Waals surface area contributed by atoms with Gasteiger partial charge in [0.15, 0.2) is 0 Å². The fraction of sp³-hybridized carbons (Fsp3) is 0.409. The topological polar surface area (TPSA) is 66.9 Å². The van der Waals surface area contributed by atoms with Gasteiger partial charge in [-0.05, 0) is 68.1 Å². The van der Waals surface area contributed by atoms with E-state index in [4.69, 9.17) is 4.74 Å². The molecule has 1 amide bonds. The van der Waals surface area contributed by atoms with Gasteiger partial charge in [-0.1, -0.05) is 12.1 Å². The fourth-order valence-electron chi connectivity index (χ4n) is 3.47. The summed E-state index contributed by atoms with van der Waals surface area (Å²) in [6.45, 7) is 4.26. The van der Waals surface area contributed by atoms with Crippen LogP contribution in [0.5, 0.6) is 5.75 Å². The Labute approximate surface area is 173 Å². The number of amides is 1. The van der Waals surface area contributed by atoms with Crippen LogP contribution in [0.3, 0.4) is 0 Å². The molecule has 29 heavy (non-hydrogen) atoms. The Hall–Kier alpha value is -2.54. The van der Waals surface area contributed by atoms with Crippen LogP contribution in [-0.2, 0) is 16.6 Å². The van der Waals surface area contributed by atoms with Crippen LogP contribution in [0.4, 0.5) is 5.69 Å². The second-order valence-electron chi connectivity index (χ2n) is 7.25. The van der Waals surface area contributed by atoms with Gasteiger partial charge in [-0.2, -0.15) is 0 Å². The first-order valence-corrected chi connectivity index (χ1v) is 11.8. The average molecular weight is 417 g/mol. The van der Waals surface area contributed by atoms with E-state index >= 15 is 0 Å². The summed E-state index contributed by atoms with van der Waals surface area (Å²) in [7, 11) is -3.47. The van der Waals surface area contributed by atoms with Crippen LogP contribution in [0.15, 0.2) is 48.5 Å². The second kappa shape index (κ2) is 9.31. The lowest BCUT2D eigenvalue weighted by molar-refractivity contribution is 0.0724. The van der Waals surface area contributed by atoms with Crippen LogP contribution in [0.25, 0.3) is 0 Å². The molecule has 1 aliphatic heterocycles. The first kappa shape index (κ1) is 21.2. The Kier molecular flexibility index (Phi) is 6.79. The van der Waals surface area contributed by atoms with Crippen LogP contribution >= 0.6 is 0 Å². The highest BCUT2D eigenvalue weighted by Crippen LogP contribution is 2.24. The molecule has 2 aromatic rings. The highest BCUT2D eigenvalue weighted by molar-refractivity contribution is 7.92. The Morgan fingerprint density at radius 1 is 1.00 bits per heavy atom. The molecule has 1 saturated heterocycles. The zero-order valence-corrected chi connectivity index (χ0v) is 17.8. The van der Waals surface area contributed by atoms with Crippen LogP contribution in [0, 0.1) is 0 Å². The SMILES string of the molecule is CCOc1ccc(N(Cc2ccc(C(=O)N3CCCCC3)cc2)S(C)(=O)=O)cc1. The number of rotatable bonds is 7. The molecular weight excluding hydrogens is 388 g/mol. The van der Waals surface area contributed by atoms with E-state index in [-0.39, 0.29) is 12.5 Å². The van der Waals surface area contributed by atoms with Gasteiger partial charge in [0.2, 0.25) is 10.0 Å². The number of carbonyl (C=O) groups is 1. The van der Waals surface area contributed by atoms with Gasteiger partial charge in [0, 0.05) is 18.7 Å². The van der Waals surface area contributed by atoms with Gasteiger partial charge in [-0.15, -0.1) is 0 Å². The lowest BCUT2D eigenvalue weighted by Crippen LogP contribution is -2.35. The molecule has 7 heteroatoms. The van der Waals surface area contributed by atoms with Crippen LogP contribution in [0.1, 0.15) is 42.1 Å². The normalized spacial score (nSPS) is 14.5. The molecule has 2 aromatic carbocycles. The third-order valence-corrected chi connectivity index (χ3v) is 6.15. The molecule has 1 aliphatic rings. The molecule has 3 rings (SSSR count). The van der Waals surface area contributed by atoms with Crippen molar-refractivity contribution in [3.05, 3.63) is 59.7 Å². The number of hydrogen-bond acceptors (Lipinski definition) is 4. The molecule has 0 aliphatic carbocycles. The number of likely N-dealkylation sites (tertiary alicyclic amines) is 1. The van der Waals surface area contributed by atoms with Crippen molar-refractivity contribution in [2.75, 3.05) is 30.3 Å². The molecule has 0 N–H and O–H groups in total. The van der Waals surface area contributed by atoms with Crippen LogP contribution in [-0.4, -0.2) is 45.2 Å². The molecule has 0 radical (unpaired) electrons. The van der Waals surface area contributed by atoms with Gasteiger partial charge < -0.3 is 9.64 Å². The van der Waals surface area contributed by atoms with Gasteiger partial charge in [0.05, 0.1) is 25.1 Å². The number of nitrogens with zero attached hydrogens (tertiary/aromatic N) is 2. The maximum absolute atomic E-state index is 12.6. The molecular formula is C22H28N2O4S. The predicted molar refractivity (Wildman–Crippen MR) is 115 cm³/mol. The summed E-state index contributed by atoms with van der Waals surface area (Å²) < 4.78 is 31.5. The van der Waals surface area contributed by atoms with Crippen molar-refractivity contribution < 1.29 is 17.9 Å². The van der Waals surface area contributed by atoms with Crippen LogP contribution in [0.2, 0.25) is 0 Å². The first-order valence-electron chi connectivity index (χ1n) is 9.97. The summed E-state index contributed by atoms with van der Waals surface area (Å²) in [5, 5.41) is 0. The maximum Gasteiger partial charge on any atom is 0.253 e. The van der Waals surface area contributed by atoms with E-state index < -0.39 is 10.0 Å². The van der Waals surface area contributed by atoms with Gasteiger partial charge >= 0.3 is 0 Å². The largest absolute Gasteiger partial charge is 0.494 e. The summed E-state index contributed by atoms with van der Waals surface area (Å²) >= 11 is 0. The molecule has 0 spiro atoms. The molecule has 0 saturated carbocycles. The van der Waals surface area contributed by atoms with E-state index in [1.165, 1.54) is 17.0 Å². The first-order chi connectivity index (χ1) is 13.9. The minimum atomic E-state index is -3.47. The lowest BCUT2D eigenvalue weighted by atomic mass is 10.1. The summed E-state index contributed by atoms with van der Waals surface area (Å²) in [5.74, 6) is 0.744. The number of hydrogen-bond donors (Lipinski definition) is 0. The standard InChI is InChI=1S/C22H28N2O4S/c1-3-28-21-13-11-20(12-14-21)24(29(2,26)27)17-18-7-9-19(10-8-18)22(25)23-15-5-4-6-16-23/h7-14H,3-6,15-17H2,1-2H3. The number of sulfonamides is 1. The van der Waals surface area contributed by atoms with E-state index in [1.54, 1.807) is 36.4 Å². The fourth-order valence-corrected chi connectivity index (χ4v) is 4.36. The van der Waals surface area contributed by atoms with Gasteiger partial charge in [0.1, 0.15) is 5.75 Å². The molecule has 1 fully saturated rings. The maximum atomic E-state index is 12.6. The van der Waals surface area contributed by atoms with Crippen molar-refractivity contribution in [1.29, 1.82) is 0 Å². The van der Waals surface area contributed by atoms with Crippen molar-refractivity contribution in [1.82, 2.24) is 4.90 Å². The number of benzene rings is 2. The Morgan fingerprint density at radius 2 is 1.62 bits per heavy atom. The molecule has 0 aromatic heterocycles. The molecule has 1 heterocycles. The van der Waals surface area contributed by atoms with Gasteiger partial charge in [0.25, 0.3) is 5.91 Å². The highest BCUT2D eigenvalue weighted by atomic mass is 32.2. The molecule has 0 bridgehead atoms. The molecule has 156 valence electrons.